The van der Waals surface area contributed by atoms with Crippen molar-refractivity contribution in [3.63, 3.8) is 0 Å². The fourth-order valence-electron chi connectivity index (χ4n) is 3.39. The molecule has 2 aromatic heterocycles. The average Bonchev–Trinajstić information content (AvgIpc) is 3.03. The molecule has 0 amide bonds. The van der Waals surface area contributed by atoms with E-state index in [1.807, 2.05) is 25.1 Å². The van der Waals surface area contributed by atoms with Crippen LogP contribution in [-0.4, -0.2) is 33.4 Å². The molecule has 0 fully saturated rings. The molecule has 0 radical (unpaired) electrons. The van der Waals surface area contributed by atoms with E-state index in [1.165, 1.54) is 4.57 Å². The molecule has 2 heterocycles. The molecule has 0 aliphatic carbocycles. The normalized spacial score (nSPS) is 11.2. The second-order valence-corrected chi connectivity index (χ2v) is 7.81. The lowest BCUT2D eigenvalue weighted by atomic mass is 10.1. The van der Waals surface area contributed by atoms with Crippen molar-refractivity contribution in [2.24, 2.45) is 0 Å². The molecule has 8 heteroatoms. The van der Waals surface area contributed by atoms with Crippen LogP contribution in [0.4, 0.5) is 0 Å². The highest BCUT2D eigenvalue weighted by atomic mass is 32.1. The van der Waals surface area contributed by atoms with Crippen LogP contribution in [0.1, 0.15) is 33.3 Å². The molecule has 3 rings (SSSR count). The Balaban J connectivity index is 2.18. The molecule has 29 heavy (non-hydrogen) atoms. The molecule has 0 aliphatic heterocycles. The second-order valence-electron chi connectivity index (χ2n) is 6.81. The number of carbonyl (C=O) groups excluding carboxylic acids is 1. The van der Waals surface area contributed by atoms with Crippen LogP contribution in [0.15, 0.2) is 33.9 Å². The summed E-state index contributed by atoms with van der Waals surface area (Å²) in [5.74, 6) is -0.503. The third-order valence-corrected chi connectivity index (χ3v) is 6.08. The van der Waals surface area contributed by atoms with E-state index in [9.17, 15) is 19.5 Å². The molecule has 0 aliphatic rings. The van der Waals surface area contributed by atoms with Gasteiger partial charge in [-0.3, -0.25) is 13.9 Å². The first-order valence-electron chi connectivity index (χ1n) is 9.49. The summed E-state index contributed by atoms with van der Waals surface area (Å²) in [6.07, 6.45) is 0.597. The number of aliphatic hydroxyl groups is 1. The van der Waals surface area contributed by atoms with E-state index in [0.717, 1.165) is 27.0 Å². The number of esters is 1. The number of hydrogen-bond acceptors (Lipinski definition) is 6. The fraction of sp³-hybridized carbons (Fsp3) is 0.381. The molecule has 0 unspecified atom stereocenters. The standard InChI is InChI=1S/C21H24N2O5S/c1-4-28-20(26)17-14(3)16-18(25)22(10-11-24)21(27)23(19(16)29-17)9-8-15-7-5-6-13(2)12-15/h5-7,12,24H,4,8-11H2,1-3H3. The molecule has 3 aromatic rings. The van der Waals surface area contributed by atoms with Gasteiger partial charge in [0.25, 0.3) is 5.56 Å². The van der Waals surface area contributed by atoms with Crippen LogP contribution in [0.25, 0.3) is 10.2 Å². The van der Waals surface area contributed by atoms with Crippen LogP contribution < -0.4 is 11.2 Å². The van der Waals surface area contributed by atoms with Crippen molar-refractivity contribution in [1.82, 2.24) is 9.13 Å². The highest BCUT2D eigenvalue weighted by Crippen LogP contribution is 2.28. The molecular formula is C21H24N2O5S. The Morgan fingerprint density at radius 2 is 1.93 bits per heavy atom. The first kappa shape index (κ1) is 21.0. The van der Waals surface area contributed by atoms with Gasteiger partial charge in [-0.15, -0.1) is 11.3 Å². The number of aliphatic hydroxyl groups excluding tert-OH is 1. The fourth-order valence-corrected chi connectivity index (χ4v) is 4.60. The van der Waals surface area contributed by atoms with E-state index in [2.05, 4.69) is 6.07 Å². The molecule has 0 atom stereocenters. The van der Waals surface area contributed by atoms with Crippen LogP contribution in [0.2, 0.25) is 0 Å². The third-order valence-electron chi connectivity index (χ3n) is 4.79. The maximum atomic E-state index is 13.0. The summed E-state index contributed by atoms with van der Waals surface area (Å²) in [5, 5.41) is 9.65. The smallest absolute Gasteiger partial charge is 0.348 e. The number of rotatable bonds is 7. The summed E-state index contributed by atoms with van der Waals surface area (Å²) in [6, 6.07) is 8.01. The van der Waals surface area contributed by atoms with E-state index in [4.69, 9.17) is 4.74 Å². The number of thiophene rings is 1. The van der Waals surface area contributed by atoms with Gasteiger partial charge in [0, 0.05) is 6.54 Å². The van der Waals surface area contributed by atoms with Gasteiger partial charge in [-0.1, -0.05) is 29.8 Å². The Labute approximate surface area is 171 Å². The van der Waals surface area contributed by atoms with Gasteiger partial charge in [-0.05, 0) is 38.3 Å². The predicted octanol–water partition coefficient (Wildman–Crippen LogP) is 2.25. The van der Waals surface area contributed by atoms with Crippen molar-refractivity contribution in [2.45, 2.75) is 40.3 Å². The molecular weight excluding hydrogens is 392 g/mol. The maximum Gasteiger partial charge on any atom is 0.348 e. The van der Waals surface area contributed by atoms with Gasteiger partial charge >= 0.3 is 11.7 Å². The number of nitrogens with zero attached hydrogens (tertiary/aromatic N) is 2. The topological polar surface area (TPSA) is 90.5 Å². The highest BCUT2D eigenvalue weighted by Gasteiger charge is 2.23. The molecule has 0 saturated carbocycles. The first-order valence-corrected chi connectivity index (χ1v) is 10.3. The van der Waals surface area contributed by atoms with E-state index in [0.29, 0.717) is 33.6 Å². The molecule has 1 aromatic carbocycles. The molecule has 154 valence electrons. The predicted molar refractivity (Wildman–Crippen MR) is 113 cm³/mol. The SMILES string of the molecule is CCOC(=O)c1sc2c(c1C)c(=O)n(CCO)c(=O)n2CCc1cccc(C)c1. The lowest BCUT2D eigenvalue weighted by molar-refractivity contribution is 0.0531. The van der Waals surface area contributed by atoms with Crippen LogP contribution in [0.3, 0.4) is 0 Å². The summed E-state index contributed by atoms with van der Waals surface area (Å²) in [6.45, 7) is 5.56. The Bertz CT molecular complexity index is 1170. The van der Waals surface area contributed by atoms with Gasteiger partial charge < -0.3 is 9.84 Å². The number of hydrogen-bond donors (Lipinski definition) is 1. The summed E-state index contributed by atoms with van der Waals surface area (Å²) in [7, 11) is 0. The zero-order valence-electron chi connectivity index (χ0n) is 16.7. The lowest BCUT2D eigenvalue weighted by Gasteiger charge is -2.12. The quantitative estimate of drug-likeness (QED) is 0.597. The van der Waals surface area contributed by atoms with Crippen molar-refractivity contribution in [3.8, 4) is 0 Å². The molecule has 1 N–H and O–H groups in total. The second kappa shape index (κ2) is 8.75. The van der Waals surface area contributed by atoms with E-state index < -0.39 is 17.2 Å². The summed E-state index contributed by atoms with van der Waals surface area (Å²) >= 11 is 1.10. The lowest BCUT2D eigenvalue weighted by Crippen LogP contribution is -2.40. The Morgan fingerprint density at radius 3 is 2.59 bits per heavy atom. The van der Waals surface area contributed by atoms with Crippen LogP contribution >= 0.6 is 11.3 Å². The van der Waals surface area contributed by atoms with Gasteiger partial charge in [0.1, 0.15) is 9.71 Å². The van der Waals surface area contributed by atoms with Gasteiger partial charge in [0.15, 0.2) is 0 Å². The zero-order valence-corrected chi connectivity index (χ0v) is 17.5. The van der Waals surface area contributed by atoms with Crippen LogP contribution in [-0.2, 0) is 24.2 Å². The Kier molecular flexibility index (Phi) is 6.34. The van der Waals surface area contributed by atoms with Crippen molar-refractivity contribution in [3.05, 3.63) is 66.7 Å². The van der Waals surface area contributed by atoms with Crippen molar-refractivity contribution < 1.29 is 14.6 Å². The number of ether oxygens (including phenoxy) is 1. The summed E-state index contributed by atoms with van der Waals surface area (Å²) < 4.78 is 7.66. The average molecular weight is 416 g/mol. The number of aromatic nitrogens is 2. The number of fused-ring (bicyclic) bond motifs is 1. The van der Waals surface area contributed by atoms with Gasteiger partial charge in [-0.2, -0.15) is 0 Å². The van der Waals surface area contributed by atoms with Crippen LogP contribution in [0, 0.1) is 13.8 Å². The summed E-state index contributed by atoms with van der Waals surface area (Å²) in [5.41, 5.74) is 1.73. The Hall–Kier alpha value is -2.71. The third kappa shape index (κ3) is 4.04. The Morgan fingerprint density at radius 1 is 1.17 bits per heavy atom. The molecule has 0 spiro atoms. The minimum atomic E-state index is -0.503. The minimum Gasteiger partial charge on any atom is -0.462 e. The van der Waals surface area contributed by atoms with Gasteiger partial charge in [0.2, 0.25) is 0 Å². The summed E-state index contributed by atoms with van der Waals surface area (Å²) in [4.78, 5) is 39.0. The monoisotopic (exact) mass is 416 g/mol. The molecule has 0 saturated heterocycles. The van der Waals surface area contributed by atoms with Gasteiger partial charge in [-0.25, -0.2) is 9.59 Å². The maximum absolute atomic E-state index is 13.0. The molecule has 7 nitrogen and oxygen atoms in total. The molecule has 0 bridgehead atoms. The number of carbonyl (C=O) groups is 1. The number of benzene rings is 1. The van der Waals surface area contributed by atoms with E-state index in [-0.39, 0.29) is 19.8 Å². The van der Waals surface area contributed by atoms with Crippen LogP contribution in [0.5, 0.6) is 0 Å². The minimum absolute atomic E-state index is 0.0952. The first-order chi connectivity index (χ1) is 13.9. The number of aryl methyl sites for hydroxylation is 4. The van der Waals surface area contributed by atoms with Crippen molar-refractivity contribution in [1.29, 1.82) is 0 Å². The van der Waals surface area contributed by atoms with Gasteiger partial charge in [0.05, 0.1) is 25.1 Å². The van der Waals surface area contributed by atoms with Crippen molar-refractivity contribution in [2.75, 3.05) is 13.2 Å². The zero-order chi connectivity index (χ0) is 21.1. The highest BCUT2D eigenvalue weighted by molar-refractivity contribution is 7.20. The van der Waals surface area contributed by atoms with Crippen molar-refractivity contribution >= 4 is 27.5 Å². The van der Waals surface area contributed by atoms with E-state index >= 15 is 0 Å². The largest absolute Gasteiger partial charge is 0.462 e. The van der Waals surface area contributed by atoms with E-state index in [1.54, 1.807) is 13.8 Å².